The van der Waals surface area contributed by atoms with Crippen LogP contribution in [0.4, 0.5) is 0 Å². The minimum Gasteiger partial charge on any atom is -0.394 e. The van der Waals surface area contributed by atoms with E-state index >= 15 is 0 Å². The van der Waals surface area contributed by atoms with E-state index < -0.39 is 18.0 Å². The van der Waals surface area contributed by atoms with E-state index in [0.717, 1.165) is 19.3 Å². The van der Waals surface area contributed by atoms with Crippen LogP contribution in [0.25, 0.3) is 0 Å². The number of rotatable bonds is 19. The van der Waals surface area contributed by atoms with Crippen molar-refractivity contribution in [3.05, 3.63) is 0 Å². The van der Waals surface area contributed by atoms with E-state index in [1.807, 2.05) is 0 Å². The van der Waals surface area contributed by atoms with Gasteiger partial charge in [-0.15, -0.1) is 0 Å². The molecule has 0 fully saturated rings. The highest BCUT2D eigenvalue weighted by Gasteiger charge is 2.23. The highest BCUT2D eigenvalue weighted by Crippen LogP contribution is 2.19. The molecule has 0 aliphatic heterocycles. The normalized spacial score (nSPS) is 13.5. The lowest BCUT2D eigenvalue weighted by Crippen LogP contribution is -2.24. The summed E-state index contributed by atoms with van der Waals surface area (Å²) in [5, 5.41) is 26.8. The fourth-order valence-electron chi connectivity index (χ4n) is 3.39. The molecule has 2 unspecified atom stereocenters. The van der Waals surface area contributed by atoms with E-state index in [1.54, 1.807) is 0 Å². The van der Waals surface area contributed by atoms with Crippen LogP contribution in [0.15, 0.2) is 0 Å². The summed E-state index contributed by atoms with van der Waals surface area (Å²) >= 11 is 0. The summed E-state index contributed by atoms with van der Waals surface area (Å²) in [6.07, 6.45) is 17.6. The quantitative estimate of drug-likeness (QED) is 0.164. The van der Waals surface area contributed by atoms with Crippen molar-refractivity contribution in [3.63, 3.8) is 0 Å². The molecule has 2 atom stereocenters. The highest BCUT2D eigenvalue weighted by molar-refractivity contribution is 5.71. The van der Waals surface area contributed by atoms with E-state index in [9.17, 15) is 9.90 Å². The first-order valence-electron chi connectivity index (χ1n) is 10.8. The molecular formula is C21H42O5. The van der Waals surface area contributed by atoms with Gasteiger partial charge in [-0.25, -0.2) is 4.79 Å². The van der Waals surface area contributed by atoms with Crippen molar-refractivity contribution in [2.45, 2.75) is 116 Å². The van der Waals surface area contributed by atoms with Gasteiger partial charge in [0.25, 0.3) is 0 Å². The van der Waals surface area contributed by atoms with E-state index in [0.29, 0.717) is 6.42 Å². The second kappa shape index (κ2) is 19.1. The molecule has 0 aliphatic rings. The molecule has 0 saturated heterocycles. The van der Waals surface area contributed by atoms with Crippen LogP contribution >= 0.6 is 0 Å². The zero-order chi connectivity index (χ0) is 19.5. The van der Waals surface area contributed by atoms with Gasteiger partial charge in [0.1, 0.15) is 0 Å². The average Bonchev–Trinajstić information content (AvgIpc) is 2.66. The number of aliphatic hydroxyl groups excluding tert-OH is 2. The van der Waals surface area contributed by atoms with Crippen LogP contribution in [0.2, 0.25) is 0 Å². The fraction of sp³-hybridized carbons (Fsp3) is 0.952. The minimum absolute atomic E-state index is 0.133. The molecule has 5 heteroatoms. The van der Waals surface area contributed by atoms with Gasteiger partial charge in [0.05, 0.1) is 18.6 Å². The largest absolute Gasteiger partial charge is 0.394 e. The number of hydrogen-bond acceptors (Lipinski definition) is 5. The molecule has 26 heavy (non-hydrogen) atoms. The van der Waals surface area contributed by atoms with Crippen LogP contribution in [0.5, 0.6) is 0 Å². The van der Waals surface area contributed by atoms with E-state index in [4.69, 9.17) is 10.4 Å². The molecule has 0 aromatic rings. The molecule has 0 aromatic heterocycles. The first-order valence-corrected chi connectivity index (χ1v) is 10.8. The van der Waals surface area contributed by atoms with Crippen LogP contribution < -0.4 is 0 Å². The van der Waals surface area contributed by atoms with Crippen molar-refractivity contribution < 1.29 is 25.2 Å². The van der Waals surface area contributed by atoms with Crippen LogP contribution in [0.1, 0.15) is 110 Å². The summed E-state index contributed by atoms with van der Waals surface area (Å²) in [7, 11) is 0. The Kier molecular flexibility index (Phi) is 18.6. The SMILES string of the molecule is CCCCCCCCCCCCCCCCC(CC(O)CO)C(=O)OO. The third-order valence-electron chi connectivity index (χ3n) is 5.10. The maximum atomic E-state index is 11.5. The van der Waals surface area contributed by atoms with Gasteiger partial charge >= 0.3 is 5.97 Å². The molecule has 0 spiro atoms. The predicted molar refractivity (Wildman–Crippen MR) is 105 cm³/mol. The Balaban J connectivity index is 3.46. The number of carbonyl (C=O) groups excluding carboxylic acids is 1. The van der Waals surface area contributed by atoms with Gasteiger partial charge in [0, 0.05) is 0 Å². The number of aliphatic hydroxyl groups is 2. The number of hydrogen-bond donors (Lipinski definition) is 3. The molecule has 0 rings (SSSR count). The van der Waals surface area contributed by atoms with E-state index in [1.165, 1.54) is 70.6 Å². The Morgan fingerprint density at radius 3 is 1.62 bits per heavy atom. The Morgan fingerprint density at radius 2 is 1.23 bits per heavy atom. The monoisotopic (exact) mass is 374 g/mol. The van der Waals surface area contributed by atoms with Crippen molar-refractivity contribution >= 4 is 5.97 Å². The lowest BCUT2D eigenvalue weighted by Gasteiger charge is -2.15. The zero-order valence-corrected chi connectivity index (χ0v) is 16.8. The van der Waals surface area contributed by atoms with Gasteiger partial charge in [-0.3, -0.25) is 0 Å². The van der Waals surface area contributed by atoms with E-state index in [2.05, 4.69) is 11.8 Å². The van der Waals surface area contributed by atoms with Crippen LogP contribution in [-0.2, 0) is 9.68 Å². The van der Waals surface area contributed by atoms with Crippen LogP contribution in [-0.4, -0.2) is 34.2 Å². The first kappa shape index (κ1) is 25.4. The third-order valence-corrected chi connectivity index (χ3v) is 5.10. The van der Waals surface area contributed by atoms with Crippen molar-refractivity contribution in [3.8, 4) is 0 Å². The first-order chi connectivity index (χ1) is 12.7. The van der Waals surface area contributed by atoms with E-state index in [-0.39, 0.29) is 13.0 Å². The molecule has 0 bridgehead atoms. The topological polar surface area (TPSA) is 87.0 Å². The summed E-state index contributed by atoms with van der Waals surface area (Å²) in [6, 6.07) is 0. The van der Waals surface area contributed by atoms with Gasteiger partial charge in [0.15, 0.2) is 0 Å². The molecular weight excluding hydrogens is 332 g/mol. The Bertz CT molecular complexity index is 309. The third kappa shape index (κ3) is 15.6. The molecule has 0 saturated carbocycles. The summed E-state index contributed by atoms with van der Waals surface area (Å²) in [5.41, 5.74) is 0. The summed E-state index contributed by atoms with van der Waals surface area (Å²) in [4.78, 5) is 15.3. The van der Waals surface area contributed by atoms with Crippen LogP contribution in [0.3, 0.4) is 0 Å². The van der Waals surface area contributed by atoms with Crippen molar-refractivity contribution in [2.24, 2.45) is 5.92 Å². The Hall–Kier alpha value is -0.650. The average molecular weight is 375 g/mol. The summed E-state index contributed by atoms with van der Waals surface area (Å²) < 4.78 is 0. The molecule has 5 nitrogen and oxygen atoms in total. The maximum absolute atomic E-state index is 11.5. The molecule has 156 valence electrons. The van der Waals surface area contributed by atoms with Gasteiger partial charge in [-0.1, -0.05) is 96.8 Å². The number of carbonyl (C=O) groups is 1. The summed E-state index contributed by atoms with van der Waals surface area (Å²) in [6.45, 7) is 1.87. The highest BCUT2D eigenvalue weighted by atomic mass is 17.1. The summed E-state index contributed by atoms with van der Waals surface area (Å²) in [5.74, 6) is -1.26. The lowest BCUT2D eigenvalue weighted by atomic mass is 9.94. The lowest BCUT2D eigenvalue weighted by molar-refractivity contribution is -0.240. The number of unbranched alkanes of at least 4 members (excludes halogenated alkanes) is 13. The van der Waals surface area contributed by atoms with Crippen molar-refractivity contribution in [1.29, 1.82) is 0 Å². The fourth-order valence-corrected chi connectivity index (χ4v) is 3.39. The van der Waals surface area contributed by atoms with Crippen molar-refractivity contribution in [2.75, 3.05) is 6.61 Å². The Labute approximate surface area is 160 Å². The predicted octanol–water partition coefficient (Wildman–Crippen LogP) is 5.23. The molecule has 0 aromatic carbocycles. The molecule has 0 amide bonds. The van der Waals surface area contributed by atoms with Gasteiger partial charge < -0.3 is 15.1 Å². The smallest absolute Gasteiger partial charge is 0.345 e. The van der Waals surface area contributed by atoms with Crippen molar-refractivity contribution in [1.82, 2.24) is 0 Å². The molecule has 3 N–H and O–H groups in total. The van der Waals surface area contributed by atoms with Gasteiger partial charge in [0.2, 0.25) is 0 Å². The second-order valence-electron chi connectivity index (χ2n) is 7.56. The zero-order valence-electron chi connectivity index (χ0n) is 16.8. The molecule has 0 aliphatic carbocycles. The Morgan fingerprint density at radius 1 is 0.808 bits per heavy atom. The maximum Gasteiger partial charge on any atom is 0.345 e. The minimum atomic E-state index is -0.939. The molecule has 0 heterocycles. The standard InChI is InChI=1S/C21H42O5/c1-2-3-4-5-6-7-8-9-10-11-12-13-14-15-16-19(21(24)26-25)17-20(23)18-22/h19-20,22-23,25H,2-18H2,1H3. The second-order valence-corrected chi connectivity index (χ2v) is 7.56. The van der Waals surface area contributed by atoms with Gasteiger partial charge in [-0.05, 0) is 12.8 Å². The van der Waals surface area contributed by atoms with Gasteiger partial charge in [-0.2, -0.15) is 5.26 Å². The van der Waals surface area contributed by atoms with Crippen LogP contribution in [0, 0.1) is 5.92 Å². The molecule has 0 radical (unpaired) electrons.